The van der Waals surface area contributed by atoms with Crippen molar-refractivity contribution in [1.82, 2.24) is 0 Å². The van der Waals surface area contributed by atoms with Crippen LogP contribution in [-0.2, 0) is 9.39 Å². The Morgan fingerprint density at radius 3 is 1.73 bits per heavy atom. The van der Waals surface area contributed by atoms with Gasteiger partial charge in [0.1, 0.15) is 0 Å². The predicted octanol–water partition coefficient (Wildman–Crippen LogP) is 1.80. The molecule has 2 nitrogen and oxygen atoms in total. The molecule has 11 heavy (non-hydrogen) atoms. The Balaban J connectivity index is 3.70. The summed E-state index contributed by atoms with van der Waals surface area (Å²) in [4.78, 5) is 0. The molecule has 65 valence electrons. The Morgan fingerprint density at radius 2 is 1.45 bits per heavy atom. The lowest BCUT2D eigenvalue weighted by molar-refractivity contribution is 0.0525. The van der Waals surface area contributed by atoms with Gasteiger partial charge in [0, 0.05) is 12.7 Å². The predicted molar refractivity (Wildman–Crippen MR) is 47.7 cm³/mol. The zero-order valence-electron chi connectivity index (χ0n) is 8.39. The van der Waals surface area contributed by atoms with Crippen molar-refractivity contribution >= 4 is 7.48 Å². The van der Waals surface area contributed by atoms with Crippen molar-refractivity contribution < 1.29 is 9.39 Å². The molecule has 0 aromatic carbocycles. The molecule has 0 heterocycles. The van der Waals surface area contributed by atoms with Gasteiger partial charge in [0.05, 0.1) is 5.50 Å². The number of methoxy groups -OCH3 is 1. The summed E-state index contributed by atoms with van der Waals surface area (Å²) < 4.78 is 10.6. The molecule has 3 heteroatoms. The molecule has 0 fully saturated rings. The standard InChI is InChI=1S/C8H18BO2/c1-7(2,3)11-9-8(4,5)10-6/h1-6H3. The summed E-state index contributed by atoms with van der Waals surface area (Å²) in [5.74, 6) is 0. The molecule has 0 rings (SSSR count). The maximum Gasteiger partial charge on any atom is 0.328 e. The Kier molecular flexibility index (Phi) is 3.58. The van der Waals surface area contributed by atoms with E-state index in [2.05, 4.69) is 0 Å². The molecule has 0 aromatic heterocycles. The van der Waals surface area contributed by atoms with Gasteiger partial charge in [0.15, 0.2) is 0 Å². The van der Waals surface area contributed by atoms with Gasteiger partial charge in [0.2, 0.25) is 0 Å². The van der Waals surface area contributed by atoms with Gasteiger partial charge in [-0.25, -0.2) is 0 Å². The van der Waals surface area contributed by atoms with Crippen molar-refractivity contribution in [2.75, 3.05) is 7.11 Å². The molecule has 0 spiro atoms. The summed E-state index contributed by atoms with van der Waals surface area (Å²) in [6.45, 7) is 9.94. The monoisotopic (exact) mass is 157 g/mol. The fraction of sp³-hybridized carbons (Fsp3) is 1.00. The van der Waals surface area contributed by atoms with E-state index in [-0.39, 0.29) is 11.1 Å². The summed E-state index contributed by atoms with van der Waals surface area (Å²) in [7, 11) is 3.40. The van der Waals surface area contributed by atoms with E-state index in [0.717, 1.165) is 0 Å². The Bertz CT molecular complexity index is 116. The second-order valence-corrected chi connectivity index (χ2v) is 4.16. The van der Waals surface area contributed by atoms with E-state index in [9.17, 15) is 0 Å². The van der Waals surface area contributed by atoms with Crippen molar-refractivity contribution in [2.45, 2.75) is 45.7 Å². The van der Waals surface area contributed by atoms with E-state index in [1.54, 1.807) is 14.6 Å². The van der Waals surface area contributed by atoms with Crippen LogP contribution in [-0.4, -0.2) is 25.7 Å². The smallest absolute Gasteiger partial charge is 0.328 e. The second-order valence-electron chi connectivity index (χ2n) is 4.16. The quantitative estimate of drug-likeness (QED) is 0.581. The maximum absolute atomic E-state index is 5.44. The van der Waals surface area contributed by atoms with Crippen LogP contribution in [0.15, 0.2) is 0 Å². The molecular formula is C8H18BO2. The molecule has 0 aliphatic carbocycles. The third kappa shape index (κ3) is 6.39. The minimum absolute atomic E-state index is 0.129. The second kappa shape index (κ2) is 3.59. The molecule has 0 amide bonds. The third-order valence-electron chi connectivity index (χ3n) is 1.22. The highest BCUT2D eigenvalue weighted by molar-refractivity contribution is 6.31. The van der Waals surface area contributed by atoms with E-state index < -0.39 is 0 Å². The number of rotatable bonds is 3. The van der Waals surface area contributed by atoms with Crippen LogP contribution >= 0.6 is 0 Å². The van der Waals surface area contributed by atoms with Crippen molar-refractivity contribution in [3.63, 3.8) is 0 Å². The number of hydrogen-bond donors (Lipinski definition) is 0. The van der Waals surface area contributed by atoms with Crippen molar-refractivity contribution in [3.05, 3.63) is 0 Å². The van der Waals surface area contributed by atoms with Crippen LogP contribution in [0.5, 0.6) is 0 Å². The first kappa shape index (κ1) is 11.0. The number of ether oxygens (including phenoxy) is 1. The molecule has 0 saturated carbocycles. The van der Waals surface area contributed by atoms with Crippen LogP contribution in [0.1, 0.15) is 34.6 Å². The zero-order chi connectivity index (χ0) is 9.12. The highest BCUT2D eigenvalue weighted by Gasteiger charge is 2.23. The summed E-state index contributed by atoms with van der Waals surface area (Å²) in [6, 6.07) is 0. The molecule has 0 saturated heterocycles. The van der Waals surface area contributed by atoms with Gasteiger partial charge in [-0.05, 0) is 34.6 Å². The van der Waals surface area contributed by atoms with Crippen LogP contribution < -0.4 is 0 Å². The molecule has 0 aliphatic rings. The average Bonchev–Trinajstić information content (AvgIpc) is 1.83. The molecule has 0 unspecified atom stereocenters. The van der Waals surface area contributed by atoms with Gasteiger partial charge < -0.3 is 9.39 Å². The molecule has 0 aromatic rings. The molecule has 0 aliphatic heterocycles. The van der Waals surface area contributed by atoms with E-state index >= 15 is 0 Å². The van der Waals surface area contributed by atoms with E-state index in [1.807, 2.05) is 34.6 Å². The van der Waals surface area contributed by atoms with Crippen LogP contribution in [0.2, 0.25) is 0 Å². The summed E-state index contributed by atoms with van der Waals surface area (Å²) in [5.41, 5.74) is -0.428. The number of hydrogen-bond acceptors (Lipinski definition) is 2. The average molecular weight is 157 g/mol. The van der Waals surface area contributed by atoms with Crippen molar-refractivity contribution in [1.29, 1.82) is 0 Å². The third-order valence-corrected chi connectivity index (χ3v) is 1.22. The lowest BCUT2D eigenvalue weighted by Crippen LogP contribution is -2.37. The lowest BCUT2D eigenvalue weighted by atomic mass is 9.77. The van der Waals surface area contributed by atoms with Crippen molar-refractivity contribution in [3.8, 4) is 0 Å². The minimum atomic E-state index is -0.298. The minimum Gasteiger partial charge on any atom is -0.433 e. The van der Waals surface area contributed by atoms with Crippen LogP contribution in [0.3, 0.4) is 0 Å². The summed E-state index contributed by atoms with van der Waals surface area (Å²) in [6.07, 6.45) is 0. The first-order chi connectivity index (χ1) is 4.77. The first-order valence-corrected chi connectivity index (χ1v) is 3.84. The van der Waals surface area contributed by atoms with Gasteiger partial charge in [-0.2, -0.15) is 0 Å². The molecule has 1 radical (unpaired) electrons. The Morgan fingerprint density at radius 1 is 1.00 bits per heavy atom. The highest BCUT2D eigenvalue weighted by Crippen LogP contribution is 2.12. The fourth-order valence-corrected chi connectivity index (χ4v) is 0.367. The summed E-state index contributed by atoms with van der Waals surface area (Å²) in [5, 5.41) is 0. The molecule has 0 N–H and O–H groups in total. The lowest BCUT2D eigenvalue weighted by Gasteiger charge is -2.27. The first-order valence-electron chi connectivity index (χ1n) is 3.84. The van der Waals surface area contributed by atoms with Gasteiger partial charge in [-0.1, -0.05) is 0 Å². The van der Waals surface area contributed by atoms with E-state index in [1.165, 1.54) is 0 Å². The normalized spacial score (nSPS) is 13.3. The van der Waals surface area contributed by atoms with Crippen LogP contribution in [0.4, 0.5) is 0 Å². The molecular weight excluding hydrogens is 139 g/mol. The zero-order valence-corrected chi connectivity index (χ0v) is 8.39. The largest absolute Gasteiger partial charge is 0.433 e. The fourth-order valence-electron chi connectivity index (χ4n) is 0.367. The summed E-state index contributed by atoms with van der Waals surface area (Å²) >= 11 is 0. The SMILES string of the molecule is COC(C)(C)[B]OC(C)(C)C. The topological polar surface area (TPSA) is 18.5 Å². The van der Waals surface area contributed by atoms with Gasteiger partial charge >= 0.3 is 7.48 Å². The highest BCUT2D eigenvalue weighted by atomic mass is 16.5. The Labute approximate surface area is 70.5 Å². The van der Waals surface area contributed by atoms with Gasteiger partial charge in [0.25, 0.3) is 0 Å². The van der Waals surface area contributed by atoms with Crippen molar-refractivity contribution in [2.24, 2.45) is 0 Å². The molecule has 0 bridgehead atoms. The van der Waals surface area contributed by atoms with E-state index in [0.29, 0.717) is 0 Å². The maximum atomic E-state index is 5.44. The molecule has 0 atom stereocenters. The Hall–Kier alpha value is -0.0151. The van der Waals surface area contributed by atoms with Gasteiger partial charge in [-0.15, -0.1) is 0 Å². The van der Waals surface area contributed by atoms with Crippen LogP contribution in [0.25, 0.3) is 0 Å². The van der Waals surface area contributed by atoms with Gasteiger partial charge in [-0.3, -0.25) is 0 Å². The van der Waals surface area contributed by atoms with Crippen LogP contribution in [0, 0.1) is 0 Å². The van der Waals surface area contributed by atoms with E-state index in [4.69, 9.17) is 9.39 Å².